The topological polar surface area (TPSA) is 69.0 Å². The Bertz CT molecular complexity index is 1120. The third-order valence-electron chi connectivity index (χ3n) is 4.98. The molecule has 0 aliphatic rings. The monoisotopic (exact) mass is 354 g/mol. The molecule has 4 nitrogen and oxygen atoms in total. The van der Waals surface area contributed by atoms with Gasteiger partial charge in [-0.3, -0.25) is 0 Å². The number of ether oxygens (including phenoxy) is 1. The third kappa shape index (κ3) is 2.61. The predicted octanol–water partition coefficient (Wildman–Crippen LogP) is 4.74. The molecular weight excluding hydrogens is 336 g/mol. The van der Waals surface area contributed by atoms with Crippen LogP contribution in [0.15, 0.2) is 79.0 Å². The van der Waals surface area contributed by atoms with Crippen molar-refractivity contribution in [1.82, 2.24) is 4.98 Å². The van der Waals surface area contributed by atoms with Crippen molar-refractivity contribution >= 4 is 10.9 Å². The summed E-state index contributed by atoms with van der Waals surface area (Å²) in [4.78, 5) is 3.28. The van der Waals surface area contributed by atoms with Gasteiger partial charge >= 0.3 is 0 Å². The number of nitrogens with one attached hydrogen (secondary N) is 1. The van der Waals surface area contributed by atoms with Gasteiger partial charge in [0, 0.05) is 22.7 Å². The van der Waals surface area contributed by atoms with Crippen LogP contribution in [0.1, 0.15) is 16.7 Å². The summed E-state index contributed by atoms with van der Waals surface area (Å²) in [7, 11) is 1.62. The summed E-state index contributed by atoms with van der Waals surface area (Å²) < 4.78 is 5.28. The molecule has 132 valence electrons. The van der Waals surface area contributed by atoms with E-state index >= 15 is 0 Å². The zero-order chi connectivity index (χ0) is 18.9. The van der Waals surface area contributed by atoms with Crippen molar-refractivity contribution in [3.63, 3.8) is 0 Å². The number of aromatic nitrogens is 1. The molecule has 0 radical (unpaired) electrons. The standard InChI is InChI=1S/C23H18N2O2/c1-27-19-12-8-17(9-13-19)23(15-24,16-6-10-18(26)11-7-16)21-14-25-22-5-3-2-4-20(21)22/h2-14,25-26H,1H3/t23-/m0/s1. The predicted molar refractivity (Wildman–Crippen MR) is 105 cm³/mol. The maximum absolute atomic E-state index is 10.5. The number of nitrogens with zero attached hydrogens (tertiary/aromatic N) is 1. The van der Waals surface area contributed by atoms with Crippen LogP contribution in [-0.4, -0.2) is 17.2 Å². The van der Waals surface area contributed by atoms with Gasteiger partial charge in [0.2, 0.25) is 0 Å². The van der Waals surface area contributed by atoms with E-state index < -0.39 is 5.41 Å². The molecular formula is C23H18N2O2. The van der Waals surface area contributed by atoms with Crippen molar-refractivity contribution < 1.29 is 9.84 Å². The molecule has 0 aliphatic carbocycles. The van der Waals surface area contributed by atoms with Crippen LogP contribution < -0.4 is 4.74 Å². The van der Waals surface area contributed by atoms with Crippen molar-refractivity contribution in [2.24, 2.45) is 0 Å². The second-order valence-corrected chi connectivity index (χ2v) is 6.39. The molecule has 0 aliphatic heterocycles. The summed E-state index contributed by atoms with van der Waals surface area (Å²) >= 11 is 0. The summed E-state index contributed by atoms with van der Waals surface area (Å²) in [5, 5.41) is 21.2. The lowest BCUT2D eigenvalue weighted by Crippen LogP contribution is -2.27. The van der Waals surface area contributed by atoms with Crippen LogP contribution in [0.5, 0.6) is 11.5 Å². The molecule has 0 amide bonds. The van der Waals surface area contributed by atoms with Gasteiger partial charge in [-0.1, -0.05) is 42.5 Å². The molecule has 0 spiro atoms. The second kappa shape index (κ2) is 6.54. The second-order valence-electron chi connectivity index (χ2n) is 6.39. The van der Waals surface area contributed by atoms with Crippen LogP contribution in [0.4, 0.5) is 0 Å². The molecule has 1 heterocycles. The molecule has 4 rings (SSSR count). The quantitative estimate of drug-likeness (QED) is 0.556. The first-order valence-electron chi connectivity index (χ1n) is 8.61. The lowest BCUT2D eigenvalue weighted by Gasteiger charge is -2.28. The first kappa shape index (κ1) is 16.7. The van der Waals surface area contributed by atoms with Gasteiger partial charge in [0.05, 0.1) is 13.2 Å². The van der Waals surface area contributed by atoms with Gasteiger partial charge in [0.25, 0.3) is 0 Å². The number of phenolic OH excluding ortho intramolecular Hbond substituents is 1. The molecule has 0 bridgehead atoms. The number of methoxy groups -OCH3 is 1. The minimum Gasteiger partial charge on any atom is -0.508 e. The summed E-state index contributed by atoms with van der Waals surface area (Å²) in [5.41, 5.74) is 2.44. The Labute approximate surface area is 157 Å². The van der Waals surface area contributed by atoms with Crippen molar-refractivity contribution in [3.05, 3.63) is 95.7 Å². The van der Waals surface area contributed by atoms with E-state index in [9.17, 15) is 10.4 Å². The summed E-state index contributed by atoms with van der Waals surface area (Å²) in [6, 6.07) is 24.8. The van der Waals surface area contributed by atoms with Crippen molar-refractivity contribution in [2.75, 3.05) is 7.11 Å². The molecule has 1 aromatic heterocycles. The lowest BCUT2D eigenvalue weighted by atomic mass is 9.70. The average molecular weight is 354 g/mol. The Morgan fingerprint density at radius 3 is 2.19 bits per heavy atom. The molecule has 27 heavy (non-hydrogen) atoms. The Hall–Kier alpha value is -3.71. The Balaban J connectivity index is 2.04. The highest BCUT2D eigenvalue weighted by Gasteiger charge is 2.38. The number of hydrogen-bond acceptors (Lipinski definition) is 3. The zero-order valence-corrected chi connectivity index (χ0v) is 14.8. The van der Waals surface area contributed by atoms with Gasteiger partial charge in [-0.15, -0.1) is 0 Å². The first-order valence-corrected chi connectivity index (χ1v) is 8.61. The van der Waals surface area contributed by atoms with Gasteiger partial charge in [-0.2, -0.15) is 5.26 Å². The first-order chi connectivity index (χ1) is 13.2. The van der Waals surface area contributed by atoms with Crippen LogP contribution in [0.25, 0.3) is 10.9 Å². The van der Waals surface area contributed by atoms with E-state index in [4.69, 9.17) is 4.74 Å². The van der Waals surface area contributed by atoms with Crippen molar-refractivity contribution in [2.45, 2.75) is 5.41 Å². The molecule has 4 aromatic rings. The van der Waals surface area contributed by atoms with Gasteiger partial charge in [0.15, 0.2) is 0 Å². The van der Waals surface area contributed by atoms with Crippen molar-refractivity contribution in [1.29, 1.82) is 5.26 Å². The van der Waals surface area contributed by atoms with Gasteiger partial charge in [0.1, 0.15) is 16.9 Å². The molecule has 0 saturated heterocycles. The van der Waals surface area contributed by atoms with E-state index in [1.54, 1.807) is 31.4 Å². The number of nitriles is 1. The Morgan fingerprint density at radius 1 is 0.926 bits per heavy atom. The largest absolute Gasteiger partial charge is 0.508 e. The molecule has 4 heteroatoms. The highest BCUT2D eigenvalue weighted by Crippen LogP contribution is 2.42. The fraction of sp³-hybridized carbons (Fsp3) is 0.0870. The van der Waals surface area contributed by atoms with Crippen LogP contribution in [0, 0.1) is 11.3 Å². The molecule has 3 aromatic carbocycles. The number of aromatic amines is 1. The highest BCUT2D eigenvalue weighted by molar-refractivity contribution is 5.87. The fourth-order valence-electron chi connectivity index (χ4n) is 3.60. The van der Waals surface area contributed by atoms with Crippen LogP contribution >= 0.6 is 0 Å². The van der Waals surface area contributed by atoms with E-state index in [1.807, 2.05) is 54.7 Å². The molecule has 1 atom stereocenters. The number of aromatic hydroxyl groups is 1. The number of rotatable bonds is 4. The molecule has 2 N–H and O–H groups in total. The van der Waals surface area contributed by atoms with Crippen LogP contribution in [0.3, 0.4) is 0 Å². The summed E-state index contributed by atoms with van der Waals surface area (Å²) in [6.07, 6.45) is 1.89. The third-order valence-corrected chi connectivity index (χ3v) is 4.98. The Morgan fingerprint density at radius 2 is 1.56 bits per heavy atom. The smallest absolute Gasteiger partial charge is 0.134 e. The lowest BCUT2D eigenvalue weighted by molar-refractivity contribution is 0.414. The van der Waals surface area contributed by atoms with Crippen LogP contribution in [-0.2, 0) is 5.41 Å². The van der Waals surface area contributed by atoms with E-state index in [1.165, 1.54) is 0 Å². The number of phenols is 1. The number of hydrogen-bond donors (Lipinski definition) is 2. The maximum Gasteiger partial charge on any atom is 0.134 e. The van der Waals surface area contributed by atoms with E-state index in [-0.39, 0.29) is 5.75 Å². The maximum atomic E-state index is 10.5. The van der Waals surface area contributed by atoms with Gasteiger partial charge in [-0.25, -0.2) is 0 Å². The summed E-state index contributed by atoms with van der Waals surface area (Å²) in [6.45, 7) is 0. The van der Waals surface area contributed by atoms with Gasteiger partial charge in [-0.05, 0) is 41.5 Å². The van der Waals surface area contributed by atoms with E-state index in [0.29, 0.717) is 0 Å². The SMILES string of the molecule is COc1ccc([C@](C#N)(c2ccc(O)cc2)c2c[nH]c3ccccc23)cc1. The van der Waals surface area contributed by atoms with Crippen molar-refractivity contribution in [3.8, 4) is 17.6 Å². The highest BCUT2D eigenvalue weighted by atomic mass is 16.5. The Kier molecular flexibility index (Phi) is 4.06. The molecule has 0 fully saturated rings. The summed E-state index contributed by atoms with van der Waals surface area (Å²) in [5.74, 6) is 0.898. The number of fused-ring (bicyclic) bond motifs is 1. The molecule has 0 saturated carbocycles. The van der Waals surface area contributed by atoms with Crippen LogP contribution in [0.2, 0.25) is 0 Å². The molecule has 0 unspecified atom stereocenters. The normalized spacial score (nSPS) is 13.0. The minimum absolute atomic E-state index is 0.166. The number of benzene rings is 3. The fourth-order valence-corrected chi connectivity index (χ4v) is 3.60. The average Bonchev–Trinajstić information content (AvgIpc) is 3.15. The van der Waals surface area contributed by atoms with E-state index in [0.717, 1.165) is 33.3 Å². The van der Waals surface area contributed by atoms with E-state index in [2.05, 4.69) is 11.1 Å². The number of H-pyrrole nitrogens is 1. The zero-order valence-electron chi connectivity index (χ0n) is 14.8. The minimum atomic E-state index is -1.03. The number of para-hydroxylation sites is 1. The van der Waals surface area contributed by atoms with Gasteiger partial charge < -0.3 is 14.8 Å².